The largest absolute Gasteiger partial charge is 0.493 e. The van der Waals surface area contributed by atoms with E-state index in [4.69, 9.17) is 9.84 Å². The highest BCUT2D eigenvalue weighted by atomic mass is 16.5. The minimum atomic E-state index is -0.368. The lowest BCUT2D eigenvalue weighted by molar-refractivity contribution is -0.123. The van der Waals surface area contributed by atoms with Gasteiger partial charge in [-0.3, -0.25) is 4.79 Å². The molecule has 1 aliphatic heterocycles. The molecule has 1 aromatic rings. The number of carbonyl (C=O) groups is 1. The van der Waals surface area contributed by atoms with Crippen molar-refractivity contribution in [3.8, 4) is 5.75 Å². The van der Waals surface area contributed by atoms with E-state index in [0.29, 0.717) is 32.7 Å². The minimum Gasteiger partial charge on any atom is -0.493 e. The smallest absolute Gasteiger partial charge is 0.227 e. The maximum absolute atomic E-state index is 12.2. The van der Waals surface area contributed by atoms with E-state index >= 15 is 0 Å². The number of amides is 1. The van der Waals surface area contributed by atoms with Crippen LogP contribution in [0.4, 0.5) is 0 Å². The normalized spacial score (nSPS) is 18.8. The summed E-state index contributed by atoms with van der Waals surface area (Å²) < 4.78 is 5.55. The summed E-state index contributed by atoms with van der Waals surface area (Å²) in [5.74, 6) is 0.724. The van der Waals surface area contributed by atoms with Gasteiger partial charge in [0.1, 0.15) is 5.75 Å². The van der Waals surface area contributed by atoms with Gasteiger partial charge < -0.3 is 20.5 Å². The van der Waals surface area contributed by atoms with Crippen molar-refractivity contribution in [1.29, 1.82) is 0 Å². The standard InChI is InChI=1S/C15H22N2O3/c1-11(18)10-16-7-8-17-15(19)13-6-9-20-14-5-3-2-4-12(13)14/h2-5,11,13,16,18H,6-10H2,1H3,(H,17,19). The molecule has 1 aliphatic rings. The summed E-state index contributed by atoms with van der Waals surface area (Å²) in [6.45, 7) is 4.06. The van der Waals surface area contributed by atoms with Crippen LogP contribution in [0.25, 0.3) is 0 Å². The van der Waals surface area contributed by atoms with E-state index < -0.39 is 0 Å². The molecule has 0 spiro atoms. The van der Waals surface area contributed by atoms with Crippen LogP contribution in [0.5, 0.6) is 5.75 Å². The van der Waals surface area contributed by atoms with Crippen molar-refractivity contribution in [2.75, 3.05) is 26.2 Å². The predicted molar refractivity (Wildman–Crippen MR) is 76.9 cm³/mol. The fourth-order valence-electron chi connectivity index (χ4n) is 2.32. The number of carbonyl (C=O) groups excluding carboxylic acids is 1. The number of aliphatic hydroxyl groups excluding tert-OH is 1. The van der Waals surface area contributed by atoms with Gasteiger partial charge in [-0.2, -0.15) is 0 Å². The molecule has 0 aromatic heterocycles. The molecular weight excluding hydrogens is 256 g/mol. The van der Waals surface area contributed by atoms with Crippen LogP contribution in [0, 0.1) is 0 Å². The van der Waals surface area contributed by atoms with Crippen LogP contribution >= 0.6 is 0 Å². The molecule has 2 atom stereocenters. The molecule has 2 unspecified atom stereocenters. The maximum atomic E-state index is 12.2. The zero-order valence-electron chi connectivity index (χ0n) is 11.8. The number of fused-ring (bicyclic) bond motifs is 1. The Balaban J connectivity index is 1.82. The third-order valence-electron chi connectivity index (χ3n) is 3.32. The van der Waals surface area contributed by atoms with E-state index in [1.807, 2.05) is 24.3 Å². The van der Waals surface area contributed by atoms with Gasteiger partial charge in [0.25, 0.3) is 0 Å². The van der Waals surface area contributed by atoms with E-state index in [-0.39, 0.29) is 17.9 Å². The Labute approximate surface area is 119 Å². The van der Waals surface area contributed by atoms with Gasteiger partial charge >= 0.3 is 0 Å². The Kier molecular flexibility index (Phi) is 5.38. The van der Waals surface area contributed by atoms with Gasteiger partial charge in [0, 0.05) is 25.2 Å². The van der Waals surface area contributed by atoms with Crippen molar-refractivity contribution in [3.63, 3.8) is 0 Å². The van der Waals surface area contributed by atoms with E-state index in [1.165, 1.54) is 0 Å². The fraction of sp³-hybridized carbons (Fsp3) is 0.533. The van der Waals surface area contributed by atoms with Crippen molar-refractivity contribution in [2.24, 2.45) is 0 Å². The zero-order valence-corrected chi connectivity index (χ0v) is 11.8. The minimum absolute atomic E-state index is 0.0413. The summed E-state index contributed by atoms with van der Waals surface area (Å²) in [5, 5.41) is 15.1. The maximum Gasteiger partial charge on any atom is 0.227 e. The van der Waals surface area contributed by atoms with Crippen molar-refractivity contribution in [2.45, 2.75) is 25.4 Å². The van der Waals surface area contributed by atoms with Crippen LogP contribution in [0.1, 0.15) is 24.8 Å². The first-order chi connectivity index (χ1) is 9.68. The van der Waals surface area contributed by atoms with Gasteiger partial charge in [-0.1, -0.05) is 18.2 Å². The highest BCUT2D eigenvalue weighted by molar-refractivity contribution is 5.84. The molecule has 2 rings (SSSR count). The summed E-state index contributed by atoms with van der Waals surface area (Å²) in [4.78, 5) is 12.2. The number of aliphatic hydroxyl groups is 1. The average Bonchev–Trinajstić information content (AvgIpc) is 2.45. The third kappa shape index (κ3) is 3.95. The molecule has 20 heavy (non-hydrogen) atoms. The molecule has 1 heterocycles. The van der Waals surface area contributed by atoms with Crippen molar-refractivity contribution < 1.29 is 14.6 Å². The summed E-state index contributed by atoms with van der Waals surface area (Å²) in [5.41, 5.74) is 0.966. The Morgan fingerprint density at radius 3 is 3.05 bits per heavy atom. The molecule has 0 saturated carbocycles. The number of para-hydroxylation sites is 1. The van der Waals surface area contributed by atoms with Gasteiger partial charge in [0.05, 0.1) is 18.6 Å². The van der Waals surface area contributed by atoms with Gasteiger partial charge in [-0.15, -0.1) is 0 Å². The molecule has 0 radical (unpaired) electrons. The first-order valence-corrected chi connectivity index (χ1v) is 7.06. The van der Waals surface area contributed by atoms with Gasteiger partial charge in [-0.25, -0.2) is 0 Å². The molecule has 5 nitrogen and oxygen atoms in total. The lowest BCUT2D eigenvalue weighted by Crippen LogP contribution is -2.37. The SMILES string of the molecule is CC(O)CNCCNC(=O)C1CCOc2ccccc21. The number of hydrogen-bond acceptors (Lipinski definition) is 4. The number of ether oxygens (including phenoxy) is 1. The third-order valence-corrected chi connectivity index (χ3v) is 3.32. The number of nitrogens with one attached hydrogen (secondary N) is 2. The highest BCUT2D eigenvalue weighted by Crippen LogP contribution is 2.33. The molecule has 5 heteroatoms. The summed E-state index contributed by atoms with van der Waals surface area (Å²) >= 11 is 0. The Morgan fingerprint density at radius 1 is 1.45 bits per heavy atom. The summed E-state index contributed by atoms with van der Waals surface area (Å²) in [7, 11) is 0. The van der Waals surface area contributed by atoms with Crippen LogP contribution in [0.2, 0.25) is 0 Å². The molecule has 0 saturated heterocycles. The van der Waals surface area contributed by atoms with Crippen molar-refractivity contribution >= 4 is 5.91 Å². The summed E-state index contributed by atoms with van der Waals surface area (Å²) in [6, 6.07) is 7.69. The zero-order chi connectivity index (χ0) is 14.4. The van der Waals surface area contributed by atoms with Gasteiger partial charge in [0.15, 0.2) is 0 Å². The van der Waals surface area contributed by atoms with Crippen LogP contribution in [-0.4, -0.2) is 43.4 Å². The Hall–Kier alpha value is -1.59. The van der Waals surface area contributed by atoms with Crippen LogP contribution in [0.15, 0.2) is 24.3 Å². The fourth-order valence-corrected chi connectivity index (χ4v) is 2.32. The molecule has 1 amide bonds. The number of rotatable bonds is 6. The van der Waals surface area contributed by atoms with Crippen LogP contribution in [-0.2, 0) is 4.79 Å². The lowest BCUT2D eigenvalue weighted by atomic mass is 9.92. The monoisotopic (exact) mass is 278 g/mol. The van der Waals surface area contributed by atoms with E-state index in [1.54, 1.807) is 6.92 Å². The quantitative estimate of drug-likeness (QED) is 0.668. The van der Waals surface area contributed by atoms with Crippen LogP contribution in [0.3, 0.4) is 0 Å². The topological polar surface area (TPSA) is 70.6 Å². The lowest BCUT2D eigenvalue weighted by Gasteiger charge is -2.25. The first kappa shape index (κ1) is 14.8. The van der Waals surface area contributed by atoms with Crippen molar-refractivity contribution in [1.82, 2.24) is 10.6 Å². The second-order valence-corrected chi connectivity index (χ2v) is 5.07. The average molecular weight is 278 g/mol. The number of benzene rings is 1. The first-order valence-electron chi connectivity index (χ1n) is 7.06. The Bertz CT molecular complexity index is 448. The Morgan fingerprint density at radius 2 is 2.25 bits per heavy atom. The summed E-state index contributed by atoms with van der Waals surface area (Å²) in [6.07, 6.45) is 0.345. The molecule has 3 N–H and O–H groups in total. The molecule has 0 fully saturated rings. The predicted octanol–water partition coefficient (Wildman–Crippen LogP) is 0.639. The molecular formula is C15H22N2O3. The molecule has 1 aromatic carbocycles. The van der Waals surface area contributed by atoms with Gasteiger partial charge in [-0.05, 0) is 19.4 Å². The number of hydrogen-bond donors (Lipinski definition) is 3. The second kappa shape index (κ2) is 7.26. The molecule has 0 bridgehead atoms. The highest BCUT2D eigenvalue weighted by Gasteiger charge is 2.26. The molecule has 0 aliphatic carbocycles. The second-order valence-electron chi connectivity index (χ2n) is 5.07. The van der Waals surface area contributed by atoms with E-state index in [9.17, 15) is 4.79 Å². The van der Waals surface area contributed by atoms with Gasteiger partial charge in [0.2, 0.25) is 5.91 Å². The van der Waals surface area contributed by atoms with Crippen LogP contribution < -0.4 is 15.4 Å². The van der Waals surface area contributed by atoms with E-state index in [0.717, 1.165) is 11.3 Å². The molecule has 110 valence electrons. The van der Waals surface area contributed by atoms with Crippen molar-refractivity contribution in [3.05, 3.63) is 29.8 Å². The van der Waals surface area contributed by atoms with E-state index in [2.05, 4.69) is 10.6 Å².